The zero-order valence-corrected chi connectivity index (χ0v) is 23.4. The maximum Gasteiger partial charge on any atom is 0.251 e. The fourth-order valence-electron chi connectivity index (χ4n) is 3.35. The summed E-state index contributed by atoms with van der Waals surface area (Å²) in [7, 11) is 1.74. The monoisotopic (exact) mass is 561 g/mol. The molecule has 2 aromatic carbocycles. The molecular weight excluding hydrogens is 530 g/mol. The molecule has 204 valence electrons. The van der Waals surface area contributed by atoms with Gasteiger partial charge in [0, 0.05) is 18.7 Å². The number of nitrogens with one attached hydrogen (secondary N) is 3. The van der Waals surface area contributed by atoms with Crippen molar-refractivity contribution < 1.29 is 17.9 Å². The minimum absolute atomic E-state index is 0.0216. The summed E-state index contributed by atoms with van der Waals surface area (Å²) in [6.45, 7) is 4.43. The molecule has 0 aliphatic rings. The van der Waals surface area contributed by atoms with E-state index >= 15 is 0 Å². The highest BCUT2D eigenvalue weighted by molar-refractivity contribution is 7.92. The number of nitrogen functional groups attached to an aromatic ring is 1. The van der Waals surface area contributed by atoms with Crippen LogP contribution < -0.4 is 26.4 Å². The summed E-state index contributed by atoms with van der Waals surface area (Å²) in [6, 6.07) is 11.4. The Balaban J connectivity index is 1.89. The number of benzene rings is 2. The smallest absolute Gasteiger partial charge is 0.251 e. The van der Waals surface area contributed by atoms with Gasteiger partial charge in [-0.15, -0.1) is 0 Å². The van der Waals surface area contributed by atoms with Crippen molar-refractivity contribution >= 4 is 56.3 Å². The Morgan fingerprint density at radius 3 is 2.47 bits per heavy atom. The zero-order valence-electron chi connectivity index (χ0n) is 21.9. The van der Waals surface area contributed by atoms with Crippen molar-refractivity contribution in [1.82, 2.24) is 20.2 Å². The van der Waals surface area contributed by atoms with E-state index in [4.69, 9.17) is 22.1 Å². The lowest BCUT2D eigenvalue weighted by molar-refractivity contribution is 0.0950. The van der Waals surface area contributed by atoms with Gasteiger partial charge in [-0.2, -0.15) is 9.97 Å². The van der Waals surface area contributed by atoms with Crippen molar-refractivity contribution in [3.63, 3.8) is 0 Å². The van der Waals surface area contributed by atoms with Crippen LogP contribution in [0.4, 0.5) is 29.0 Å². The molecule has 1 aromatic heterocycles. The lowest BCUT2D eigenvalue weighted by Gasteiger charge is -2.17. The number of nitrogens with zero attached hydrogens (tertiary/aromatic N) is 3. The van der Waals surface area contributed by atoms with Crippen LogP contribution >= 0.6 is 11.6 Å². The topological polar surface area (TPSA) is 152 Å². The minimum Gasteiger partial charge on any atom is -0.495 e. The first-order valence-corrected chi connectivity index (χ1v) is 13.7. The Morgan fingerprint density at radius 1 is 1.11 bits per heavy atom. The quantitative estimate of drug-likeness (QED) is 0.273. The third-order valence-electron chi connectivity index (χ3n) is 5.50. The maximum absolute atomic E-state index is 12.8. The molecule has 0 aliphatic heterocycles. The molecular formula is C25H32ClN7O4S. The third-order valence-corrected chi connectivity index (χ3v) is 8.08. The number of rotatable bonds is 11. The van der Waals surface area contributed by atoms with Crippen LogP contribution in [0.25, 0.3) is 0 Å². The van der Waals surface area contributed by atoms with Gasteiger partial charge >= 0.3 is 0 Å². The molecule has 0 spiro atoms. The molecule has 0 bridgehead atoms. The van der Waals surface area contributed by atoms with Gasteiger partial charge in [-0.25, -0.2) is 8.42 Å². The number of anilines is 5. The second-order valence-corrected chi connectivity index (χ2v) is 11.8. The standard InChI is InChI=1S/C25H32ClN7O4S/c1-15(2)38(35,36)20-9-7-6-8-18(20)29-23-21(26)22(27)31-25(32-23)30-17-11-10-16(14-19(17)37-5)24(34)28-12-13-33(3)4/h6-11,14-15H,12-13H2,1-5H3,(H,28,34)(H4,27,29,30,31,32). The molecule has 1 amide bonds. The number of amides is 1. The van der Waals surface area contributed by atoms with Gasteiger partial charge < -0.3 is 31.3 Å². The van der Waals surface area contributed by atoms with E-state index in [1.54, 1.807) is 50.2 Å². The van der Waals surface area contributed by atoms with E-state index in [1.807, 2.05) is 19.0 Å². The van der Waals surface area contributed by atoms with Crippen LogP contribution in [0.15, 0.2) is 47.4 Å². The Bertz CT molecular complexity index is 1410. The molecule has 0 saturated carbocycles. The van der Waals surface area contributed by atoms with Crippen LogP contribution in [-0.2, 0) is 9.84 Å². The Labute approximate surface area is 227 Å². The molecule has 38 heavy (non-hydrogen) atoms. The van der Waals surface area contributed by atoms with Gasteiger partial charge in [0.25, 0.3) is 5.91 Å². The Kier molecular flexibility index (Phi) is 9.36. The largest absolute Gasteiger partial charge is 0.495 e. The van der Waals surface area contributed by atoms with Crippen LogP contribution in [0.1, 0.15) is 24.2 Å². The summed E-state index contributed by atoms with van der Waals surface area (Å²) in [5, 5.41) is 8.26. The maximum atomic E-state index is 12.8. The third kappa shape index (κ3) is 6.82. The molecule has 0 atom stereocenters. The molecule has 0 fully saturated rings. The molecule has 11 nitrogen and oxygen atoms in total. The summed E-state index contributed by atoms with van der Waals surface area (Å²) in [4.78, 5) is 23.2. The first-order valence-electron chi connectivity index (χ1n) is 11.7. The number of likely N-dealkylation sites (N-methyl/N-ethyl adjacent to an activating group) is 1. The van der Waals surface area contributed by atoms with Crippen molar-refractivity contribution in [1.29, 1.82) is 0 Å². The van der Waals surface area contributed by atoms with Crippen molar-refractivity contribution in [3.05, 3.63) is 53.1 Å². The number of para-hydroxylation sites is 1. The van der Waals surface area contributed by atoms with E-state index in [0.717, 1.165) is 0 Å². The molecule has 0 radical (unpaired) electrons. The fourth-order valence-corrected chi connectivity index (χ4v) is 4.69. The van der Waals surface area contributed by atoms with E-state index in [-0.39, 0.29) is 33.4 Å². The lowest BCUT2D eigenvalue weighted by Crippen LogP contribution is -2.31. The highest BCUT2D eigenvalue weighted by Crippen LogP contribution is 2.34. The molecule has 3 rings (SSSR count). The van der Waals surface area contributed by atoms with Gasteiger partial charge in [-0.3, -0.25) is 4.79 Å². The number of nitrogens with two attached hydrogens (primary N) is 1. The van der Waals surface area contributed by atoms with Crippen molar-refractivity contribution in [2.24, 2.45) is 0 Å². The van der Waals surface area contributed by atoms with Crippen LogP contribution in [0.2, 0.25) is 5.02 Å². The van der Waals surface area contributed by atoms with Gasteiger partial charge in [0.1, 0.15) is 16.6 Å². The van der Waals surface area contributed by atoms with Crippen molar-refractivity contribution in [3.8, 4) is 5.75 Å². The molecule has 3 aromatic rings. The first kappa shape index (κ1) is 29.0. The van der Waals surface area contributed by atoms with Crippen molar-refractivity contribution in [2.75, 3.05) is 50.7 Å². The average Bonchev–Trinajstić information content (AvgIpc) is 2.87. The van der Waals surface area contributed by atoms with Gasteiger partial charge in [0.15, 0.2) is 15.7 Å². The van der Waals surface area contributed by atoms with E-state index in [0.29, 0.717) is 35.8 Å². The lowest BCUT2D eigenvalue weighted by atomic mass is 10.1. The molecule has 0 aliphatic carbocycles. The number of carbonyl (C=O) groups is 1. The van der Waals surface area contributed by atoms with Gasteiger partial charge in [-0.05, 0) is 58.3 Å². The van der Waals surface area contributed by atoms with Gasteiger partial charge in [0.2, 0.25) is 5.95 Å². The van der Waals surface area contributed by atoms with Gasteiger partial charge in [-0.1, -0.05) is 23.7 Å². The van der Waals surface area contributed by atoms with Crippen LogP contribution in [-0.4, -0.2) is 68.7 Å². The number of methoxy groups -OCH3 is 1. The average molecular weight is 562 g/mol. The number of sulfone groups is 1. The summed E-state index contributed by atoms with van der Waals surface area (Å²) in [6.07, 6.45) is 0. The first-order chi connectivity index (χ1) is 17.9. The van der Waals surface area contributed by atoms with Gasteiger partial charge in [0.05, 0.1) is 28.6 Å². The van der Waals surface area contributed by atoms with E-state index < -0.39 is 15.1 Å². The number of carbonyl (C=O) groups excluding carboxylic acids is 1. The normalized spacial score (nSPS) is 11.5. The Hall–Kier alpha value is -3.61. The van der Waals surface area contributed by atoms with Crippen LogP contribution in [0.3, 0.4) is 0 Å². The molecule has 13 heteroatoms. The number of halogens is 1. The highest BCUT2D eigenvalue weighted by Gasteiger charge is 2.23. The summed E-state index contributed by atoms with van der Waals surface area (Å²) < 4.78 is 31.2. The van der Waals surface area contributed by atoms with E-state index in [9.17, 15) is 13.2 Å². The van der Waals surface area contributed by atoms with E-state index in [2.05, 4.69) is 25.9 Å². The molecule has 0 saturated heterocycles. The zero-order chi connectivity index (χ0) is 28.0. The summed E-state index contributed by atoms with van der Waals surface area (Å²) in [5.41, 5.74) is 7.24. The number of aromatic nitrogens is 2. The summed E-state index contributed by atoms with van der Waals surface area (Å²) in [5.74, 6) is 0.325. The molecule has 0 unspecified atom stereocenters. The number of ether oxygens (including phenoxy) is 1. The fraction of sp³-hybridized carbons (Fsp3) is 0.320. The predicted octanol–water partition coefficient (Wildman–Crippen LogP) is 3.68. The number of hydrogen-bond acceptors (Lipinski definition) is 10. The molecule has 1 heterocycles. The van der Waals surface area contributed by atoms with Crippen molar-refractivity contribution in [2.45, 2.75) is 24.0 Å². The minimum atomic E-state index is -3.59. The highest BCUT2D eigenvalue weighted by atomic mass is 35.5. The van der Waals surface area contributed by atoms with E-state index in [1.165, 1.54) is 13.2 Å². The second-order valence-electron chi connectivity index (χ2n) is 8.91. The van der Waals surface area contributed by atoms with Crippen LogP contribution in [0, 0.1) is 0 Å². The predicted molar refractivity (Wildman–Crippen MR) is 151 cm³/mol. The summed E-state index contributed by atoms with van der Waals surface area (Å²) >= 11 is 6.36. The Morgan fingerprint density at radius 2 is 1.82 bits per heavy atom. The number of hydrogen-bond donors (Lipinski definition) is 4. The SMILES string of the molecule is COc1cc(C(=O)NCCN(C)C)ccc1Nc1nc(N)c(Cl)c(Nc2ccccc2S(=O)(=O)C(C)C)n1. The molecule has 5 N–H and O–H groups in total. The van der Waals surface area contributed by atoms with Crippen LogP contribution in [0.5, 0.6) is 5.75 Å². The second kappa shape index (κ2) is 12.3.